The van der Waals surface area contributed by atoms with Crippen molar-refractivity contribution in [3.05, 3.63) is 0 Å². The molecule has 2 unspecified atom stereocenters. The lowest BCUT2D eigenvalue weighted by Gasteiger charge is -2.38. The molecule has 0 radical (unpaired) electrons. The first-order valence-electron chi connectivity index (χ1n) is 3.89. The van der Waals surface area contributed by atoms with Crippen LogP contribution in [-0.2, 0) is 4.74 Å². The lowest BCUT2D eigenvalue weighted by Crippen LogP contribution is -2.58. The number of fused-ring (bicyclic) bond motifs is 1. The first kappa shape index (κ1) is 6.95. The molecule has 2 saturated heterocycles. The Kier molecular flexibility index (Phi) is 2.16. The van der Waals surface area contributed by atoms with Crippen molar-refractivity contribution >= 4 is 11.8 Å². The average molecular weight is 159 g/mol. The number of thioether (sulfide) groups is 1. The Hall–Kier alpha value is 0.270. The zero-order chi connectivity index (χ0) is 6.81. The predicted molar refractivity (Wildman–Crippen MR) is 43.5 cm³/mol. The molecule has 0 aromatic carbocycles. The third-order valence-corrected chi connectivity index (χ3v) is 3.54. The molecule has 0 saturated carbocycles. The standard InChI is InChI=1S/C7H13NOS/c1-2-9-5-6-7(4-8-6)10-3-1/h6-8H,1-5H2. The third kappa shape index (κ3) is 1.31. The molecule has 2 aliphatic heterocycles. The normalized spacial score (nSPS) is 40.8. The van der Waals surface area contributed by atoms with Gasteiger partial charge in [-0.2, -0.15) is 11.8 Å². The minimum Gasteiger partial charge on any atom is -0.380 e. The Labute approximate surface area is 65.7 Å². The number of hydrogen-bond donors (Lipinski definition) is 1. The lowest BCUT2D eigenvalue weighted by atomic mass is 10.1. The van der Waals surface area contributed by atoms with Crippen molar-refractivity contribution in [3.63, 3.8) is 0 Å². The molecule has 0 aliphatic carbocycles. The molecule has 0 aromatic rings. The van der Waals surface area contributed by atoms with Crippen LogP contribution in [0.5, 0.6) is 0 Å². The van der Waals surface area contributed by atoms with Crippen LogP contribution >= 0.6 is 11.8 Å². The lowest BCUT2D eigenvalue weighted by molar-refractivity contribution is 0.0929. The van der Waals surface area contributed by atoms with Crippen molar-refractivity contribution in [2.45, 2.75) is 17.7 Å². The first-order valence-corrected chi connectivity index (χ1v) is 4.94. The highest BCUT2D eigenvalue weighted by Gasteiger charge is 2.31. The Morgan fingerprint density at radius 2 is 2.50 bits per heavy atom. The van der Waals surface area contributed by atoms with Gasteiger partial charge in [-0.15, -0.1) is 0 Å². The van der Waals surface area contributed by atoms with Crippen LogP contribution in [0.1, 0.15) is 6.42 Å². The van der Waals surface area contributed by atoms with Crippen LogP contribution in [0.2, 0.25) is 0 Å². The van der Waals surface area contributed by atoms with Crippen molar-refractivity contribution in [2.24, 2.45) is 0 Å². The SMILES string of the molecule is C1COCC2NCC2SC1. The minimum atomic E-state index is 0.658. The van der Waals surface area contributed by atoms with Gasteiger partial charge in [0, 0.05) is 24.4 Å². The Balaban J connectivity index is 1.83. The maximum atomic E-state index is 5.43. The van der Waals surface area contributed by atoms with E-state index in [1.165, 1.54) is 18.7 Å². The molecule has 2 rings (SSSR count). The summed E-state index contributed by atoms with van der Waals surface area (Å²) in [6.45, 7) is 3.08. The second-order valence-corrected chi connectivity index (χ2v) is 4.20. The number of ether oxygens (including phenoxy) is 1. The van der Waals surface area contributed by atoms with Crippen molar-refractivity contribution in [3.8, 4) is 0 Å². The minimum absolute atomic E-state index is 0.658. The quantitative estimate of drug-likeness (QED) is 0.555. The summed E-state index contributed by atoms with van der Waals surface area (Å²) in [6, 6.07) is 0.658. The van der Waals surface area contributed by atoms with Gasteiger partial charge in [-0.05, 0) is 12.2 Å². The summed E-state index contributed by atoms with van der Waals surface area (Å²) in [6.07, 6.45) is 1.23. The van der Waals surface area contributed by atoms with Gasteiger partial charge >= 0.3 is 0 Å². The van der Waals surface area contributed by atoms with E-state index in [4.69, 9.17) is 4.74 Å². The smallest absolute Gasteiger partial charge is 0.0630 e. The van der Waals surface area contributed by atoms with Gasteiger partial charge in [-0.25, -0.2) is 0 Å². The van der Waals surface area contributed by atoms with Crippen molar-refractivity contribution in [2.75, 3.05) is 25.5 Å². The van der Waals surface area contributed by atoms with Gasteiger partial charge in [0.05, 0.1) is 6.61 Å². The van der Waals surface area contributed by atoms with Gasteiger partial charge < -0.3 is 10.1 Å². The summed E-state index contributed by atoms with van der Waals surface area (Å²) in [5.74, 6) is 1.28. The fourth-order valence-electron chi connectivity index (χ4n) is 1.33. The second kappa shape index (κ2) is 3.11. The molecule has 2 atom stereocenters. The molecular formula is C7H13NOS. The van der Waals surface area contributed by atoms with Crippen molar-refractivity contribution in [1.82, 2.24) is 5.32 Å². The molecule has 2 aliphatic rings. The summed E-state index contributed by atoms with van der Waals surface area (Å²) < 4.78 is 5.43. The van der Waals surface area contributed by atoms with E-state index >= 15 is 0 Å². The highest BCUT2D eigenvalue weighted by atomic mass is 32.2. The van der Waals surface area contributed by atoms with E-state index in [-0.39, 0.29) is 0 Å². The molecule has 58 valence electrons. The maximum absolute atomic E-state index is 5.43. The molecule has 0 amide bonds. The fourth-order valence-corrected chi connectivity index (χ4v) is 2.54. The summed E-state index contributed by atoms with van der Waals surface area (Å²) in [5.41, 5.74) is 0. The van der Waals surface area contributed by atoms with Gasteiger partial charge in [-0.3, -0.25) is 0 Å². The van der Waals surface area contributed by atoms with Crippen LogP contribution in [0.3, 0.4) is 0 Å². The molecular weight excluding hydrogens is 146 g/mol. The summed E-state index contributed by atoms with van der Waals surface area (Å²) in [5, 5.41) is 4.22. The summed E-state index contributed by atoms with van der Waals surface area (Å²) in [4.78, 5) is 0. The van der Waals surface area contributed by atoms with Crippen LogP contribution in [0, 0.1) is 0 Å². The second-order valence-electron chi connectivity index (χ2n) is 2.85. The van der Waals surface area contributed by atoms with E-state index in [0.717, 1.165) is 18.5 Å². The molecule has 0 aromatic heterocycles. The molecule has 2 fully saturated rings. The van der Waals surface area contributed by atoms with Crippen molar-refractivity contribution < 1.29 is 4.74 Å². The van der Waals surface area contributed by atoms with E-state index in [1.54, 1.807) is 0 Å². The van der Waals surface area contributed by atoms with E-state index in [1.807, 2.05) is 0 Å². The largest absolute Gasteiger partial charge is 0.380 e. The van der Waals surface area contributed by atoms with Crippen LogP contribution < -0.4 is 5.32 Å². The molecule has 10 heavy (non-hydrogen) atoms. The highest BCUT2D eigenvalue weighted by molar-refractivity contribution is 8.00. The molecule has 1 N–H and O–H groups in total. The maximum Gasteiger partial charge on any atom is 0.0630 e. The van der Waals surface area contributed by atoms with Gasteiger partial charge in [-0.1, -0.05) is 0 Å². The molecule has 3 heteroatoms. The topological polar surface area (TPSA) is 21.3 Å². The van der Waals surface area contributed by atoms with Gasteiger partial charge in [0.25, 0.3) is 0 Å². The Bertz CT molecular complexity index is 106. The van der Waals surface area contributed by atoms with Crippen LogP contribution in [0.15, 0.2) is 0 Å². The molecule has 2 heterocycles. The molecule has 0 bridgehead atoms. The highest BCUT2D eigenvalue weighted by Crippen LogP contribution is 2.23. The Morgan fingerprint density at radius 3 is 3.30 bits per heavy atom. The van der Waals surface area contributed by atoms with E-state index < -0.39 is 0 Å². The van der Waals surface area contributed by atoms with Crippen LogP contribution in [0.25, 0.3) is 0 Å². The predicted octanol–water partition coefficient (Wildman–Crippen LogP) is 0.480. The number of hydrogen-bond acceptors (Lipinski definition) is 3. The number of rotatable bonds is 0. The van der Waals surface area contributed by atoms with Gasteiger partial charge in [0.15, 0.2) is 0 Å². The van der Waals surface area contributed by atoms with E-state index in [2.05, 4.69) is 17.1 Å². The summed E-state index contributed by atoms with van der Waals surface area (Å²) in [7, 11) is 0. The first-order chi connectivity index (χ1) is 4.97. The monoisotopic (exact) mass is 159 g/mol. The number of nitrogens with one attached hydrogen (secondary N) is 1. The van der Waals surface area contributed by atoms with Gasteiger partial charge in [0.2, 0.25) is 0 Å². The molecule has 0 spiro atoms. The van der Waals surface area contributed by atoms with Crippen LogP contribution in [-0.4, -0.2) is 36.8 Å². The van der Waals surface area contributed by atoms with Gasteiger partial charge in [0.1, 0.15) is 0 Å². The summed E-state index contributed by atoms with van der Waals surface area (Å²) >= 11 is 2.10. The van der Waals surface area contributed by atoms with Crippen molar-refractivity contribution in [1.29, 1.82) is 0 Å². The van der Waals surface area contributed by atoms with E-state index in [9.17, 15) is 0 Å². The zero-order valence-corrected chi connectivity index (χ0v) is 6.82. The van der Waals surface area contributed by atoms with Crippen LogP contribution in [0.4, 0.5) is 0 Å². The fraction of sp³-hybridized carbons (Fsp3) is 1.00. The zero-order valence-electron chi connectivity index (χ0n) is 6.01. The molecule has 2 nitrogen and oxygen atoms in total. The third-order valence-electron chi connectivity index (χ3n) is 2.09. The van der Waals surface area contributed by atoms with E-state index in [0.29, 0.717) is 6.04 Å². The average Bonchev–Trinajstić information content (AvgIpc) is 1.89. The Morgan fingerprint density at radius 1 is 1.50 bits per heavy atom.